The van der Waals surface area contributed by atoms with Gasteiger partial charge in [0, 0.05) is 0 Å². The maximum atomic E-state index is 12.3. The maximum absolute atomic E-state index is 12.3. The lowest BCUT2D eigenvalue weighted by atomic mass is 10.2. The van der Waals surface area contributed by atoms with Gasteiger partial charge in [-0.1, -0.05) is 11.2 Å². The van der Waals surface area contributed by atoms with Gasteiger partial charge in [-0.05, 0) is 28.1 Å². The summed E-state index contributed by atoms with van der Waals surface area (Å²) in [4.78, 5) is 0. The third kappa shape index (κ3) is 1.39. The molecule has 0 aliphatic carbocycles. The second kappa shape index (κ2) is 2.98. The molecule has 0 spiro atoms. The first-order valence-electron chi connectivity index (χ1n) is 3.61. The Morgan fingerprint density at radius 1 is 1.29 bits per heavy atom. The molecule has 6 heteroatoms. The van der Waals surface area contributed by atoms with Gasteiger partial charge in [0.2, 0.25) is 0 Å². The smallest absolute Gasteiger partial charge is 0.354 e. The number of rotatable bonds is 0. The fraction of sp³-hybridized carbons (Fsp3) is 0.125. The van der Waals surface area contributed by atoms with Gasteiger partial charge in [0.1, 0.15) is 0 Å². The summed E-state index contributed by atoms with van der Waals surface area (Å²) in [5.41, 5.74) is -0.881. The summed E-state index contributed by atoms with van der Waals surface area (Å²) >= 11 is 3.08. The van der Waals surface area contributed by atoms with Crippen molar-refractivity contribution in [2.45, 2.75) is 6.18 Å². The molecule has 0 fully saturated rings. The highest BCUT2D eigenvalue weighted by atomic mass is 79.9. The highest BCUT2D eigenvalue weighted by Gasteiger charge is 2.37. The number of hydrogen-bond acceptors (Lipinski definition) is 2. The molecule has 0 aliphatic heterocycles. The van der Waals surface area contributed by atoms with Gasteiger partial charge >= 0.3 is 6.18 Å². The van der Waals surface area contributed by atoms with Crippen molar-refractivity contribution in [3.8, 4) is 0 Å². The summed E-state index contributed by atoms with van der Waals surface area (Å²) in [6, 6.07) is 4.41. The van der Waals surface area contributed by atoms with Crippen molar-refractivity contribution >= 4 is 26.9 Å². The average Bonchev–Trinajstić information content (AvgIpc) is 2.47. The zero-order chi connectivity index (χ0) is 10.3. The predicted molar refractivity (Wildman–Crippen MR) is 46.7 cm³/mol. The summed E-state index contributed by atoms with van der Waals surface area (Å²) < 4.78 is 42.1. The Morgan fingerprint density at radius 3 is 2.64 bits per heavy atom. The van der Waals surface area contributed by atoms with E-state index in [-0.39, 0.29) is 11.0 Å². The molecule has 0 saturated heterocycles. The van der Waals surface area contributed by atoms with Crippen LogP contribution in [-0.2, 0) is 6.18 Å². The van der Waals surface area contributed by atoms with Crippen molar-refractivity contribution in [2.75, 3.05) is 0 Å². The Hall–Kier alpha value is -1.04. The minimum absolute atomic E-state index is 0.0353. The van der Waals surface area contributed by atoms with Crippen LogP contribution < -0.4 is 0 Å². The Bertz CT molecular complexity index is 477. The maximum Gasteiger partial charge on any atom is 0.437 e. The number of hydrogen-bond donors (Lipinski definition) is 0. The number of fused-ring (bicyclic) bond motifs is 1. The molecule has 0 radical (unpaired) electrons. The minimum Gasteiger partial charge on any atom is -0.354 e. The molecule has 14 heavy (non-hydrogen) atoms. The molecule has 2 rings (SSSR count). The van der Waals surface area contributed by atoms with E-state index in [0.29, 0.717) is 4.47 Å². The Morgan fingerprint density at radius 2 is 2.00 bits per heavy atom. The highest BCUT2D eigenvalue weighted by Crippen LogP contribution is 2.36. The quantitative estimate of drug-likeness (QED) is 0.728. The molecule has 1 aromatic heterocycles. The largest absolute Gasteiger partial charge is 0.437 e. The fourth-order valence-corrected chi connectivity index (χ4v) is 1.57. The first kappa shape index (κ1) is 9.51. The lowest BCUT2D eigenvalue weighted by molar-refractivity contribution is -0.141. The molecule has 0 unspecified atom stereocenters. The zero-order valence-corrected chi connectivity index (χ0v) is 8.19. The first-order valence-corrected chi connectivity index (χ1v) is 4.40. The van der Waals surface area contributed by atoms with Gasteiger partial charge < -0.3 is 4.52 Å². The van der Waals surface area contributed by atoms with E-state index in [4.69, 9.17) is 0 Å². The van der Waals surface area contributed by atoms with Crippen molar-refractivity contribution in [3.05, 3.63) is 28.4 Å². The van der Waals surface area contributed by atoms with Crippen molar-refractivity contribution in [2.24, 2.45) is 0 Å². The number of nitrogens with zero attached hydrogens (tertiary/aromatic N) is 1. The number of alkyl halides is 3. The zero-order valence-electron chi connectivity index (χ0n) is 6.60. The molecular weight excluding hydrogens is 263 g/mol. The van der Waals surface area contributed by atoms with Crippen LogP contribution in [0.5, 0.6) is 0 Å². The highest BCUT2D eigenvalue weighted by molar-refractivity contribution is 9.10. The summed E-state index contributed by atoms with van der Waals surface area (Å²) in [5.74, 6) is 0. The van der Waals surface area contributed by atoms with Crippen molar-refractivity contribution in [3.63, 3.8) is 0 Å². The van der Waals surface area contributed by atoms with Crippen LogP contribution in [-0.4, -0.2) is 5.16 Å². The van der Waals surface area contributed by atoms with Crippen LogP contribution >= 0.6 is 15.9 Å². The van der Waals surface area contributed by atoms with E-state index < -0.39 is 11.9 Å². The van der Waals surface area contributed by atoms with Gasteiger partial charge in [0.25, 0.3) is 0 Å². The number of halogens is 4. The van der Waals surface area contributed by atoms with E-state index in [1.54, 1.807) is 6.07 Å². The summed E-state index contributed by atoms with van der Waals surface area (Å²) in [6.45, 7) is 0. The molecule has 74 valence electrons. The molecular formula is C8H3BrF3NO. The molecule has 0 bridgehead atoms. The third-order valence-corrected chi connectivity index (χ3v) is 2.34. The average molecular weight is 266 g/mol. The van der Waals surface area contributed by atoms with Crippen LogP contribution in [0.1, 0.15) is 5.69 Å². The Kier molecular flexibility index (Phi) is 2.02. The SMILES string of the molecule is FC(F)(F)c1noc2c(Br)cccc12. The summed E-state index contributed by atoms with van der Waals surface area (Å²) in [6.07, 6.45) is -4.48. The van der Waals surface area contributed by atoms with E-state index in [0.717, 1.165) is 0 Å². The van der Waals surface area contributed by atoms with Crippen LogP contribution in [0, 0.1) is 0 Å². The number of para-hydroxylation sites is 1. The van der Waals surface area contributed by atoms with Gasteiger partial charge in [-0.2, -0.15) is 13.2 Å². The first-order chi connectivity index (χ1) is 6.50. The molecule has 2 nitrogen and oxygen atoms in total. The third-order valence-electron chi connectivity index (χ3n) is 1.72. The second-order valence-corrected chi connectivity index (χ2v) is 3.50. The monoisotopic (exact) mass is 265 g/mol. The summed E-state index contributed by atoms with van der Waals surface area (Å²) in [7, 11) is 0. The number of benzene rings is 1. The van der Waals surface area contributed by atoms with Gasteiger partial charge in [-0.3, -0.25) is 0 Å². The van der Waals surface area contributed by atoms with Crippen LogP contribution in [0.3, 0.4) is 0 Å². The van der Waals surface area contributed by atoms with E-state index in [1.807, 2.05) is 0 Å². The van der Waals surface area contributed by atoms with Crippen LogP contribution in [0.2, 0.25) is 0 Å². The van der Waals surface area contributed by atoms with Crippen molar-refractivity contribution in [1.29, 1.82) is 0 Å². The van der Waals surface area contributed by atoms with Gasteiger partial charge in [-0.15, -0.1) is 0 Å². The summed E-state index contributed by atoms with van der Waals surface area (Å²) in [5, 5.41) is 2.96. The van der Waals surface area contributed by atoms with E-state index in [1.165, 1.54) is 12.1 Å². The standard InChI is InChI=1S/C8H3BrF3NO/c9-5-3-1-2-4-6(5)14-13-7(4)8(10,11)12/h1-3H. The van der Waals surface area contributed by atoms with Crippen LogP contribution in [0.25, 0.3) is 11.0 Å². The molecule has 1 heterocycles. The second-order valence-electron chi connectivity index (χ2n) is 2.65. The molecule has 1 aromatic carbocycles. The fourth-order valence-electron chi connectivity index (χ4n) is 1.13. The Labute approximate surface area is 84.8 Å². The lowest BCUT2D eigenvalue weighted by Crippen LogP contribution is -2.05. The van der Waals surface area contributed by atoms with E-state index in [9.17, 15) is 13.2 Å². The predicted octanol–water partition coefficient (Wildman–Crippen LogP) is 3.61. The van der Waals surface area contributed by atoms with Crippen LogP contribution in [0.4, 0.5) is 13.2 Å². The molecule has 0 aliphatic rings. The topological polar surface area (TPSA) is 26.0 Å². The van der Waals surface area contributed by atoms with Crippen molar-refractivity contribution in [1.82, 2.24) is 5.16 Å². The molecule has 0 saturated carbocycles. The normalized spacial score (nSPS) is 12.3. The molecule has 0 N–H and O–H groups in total. The number of aromatic nitrogens is 1. The van der Waals surface area contributed by atoms with Gasteiger partial charge in [0.05, 0.1) is 9.86 Å². The Balaban J connectivity index is 2.76. The van der Waals surface area contributed by atoms with Gasteiger partial charge in [0.15, 0.2) is 11.3 Å². The van der Waals surface area contributed by atoms with E-state index in [2.05, 4.69) is 25.6 Å². The minimum atomic E-state index is -4.48. The van der Waals surface area contributed by atoms with Gasteiger partial charge in [-0.25, -0.2) is 0 Å². The van der Waals surface area contributed by atoms with Crippen LogP contribution in [0.15, 0.2) is 27.2 Å². The molecule has 2 aromatic rings. The molecule has 0 amide bonds. The lowest BCUT2D eigenvalue weighted by Gasteiger charge is -2.00. The van der Waals surface area contributed by atoms with Crippen molar-refractivity contribution < 1.29 is 17.7 Å². The van der Waals surface area contributed by atoms with E-state index >= 15 is 0 Å². The molecule has 0 atom stereocenters.